The van der Waals surface area contributed by atoms with Gasteiger partial charge in [-0.2, -0.15) is 0 Å². The van der Waals surface area contributed by atoms with Crippen LogP contribution in [0.25, 0.3) is 0 Å². The summed E-state index contributed by atoms with van der Waals surface area (Å²) in [7, 11) is 1.52. The third-order valence-corrected chi connectivity index (χ3v) is 3.26. The van der Waals surface area contributed by atoms with Crippen molar-refractivity contribution in [3.63, 3.8) is 0 Å². The van der Waals surface area contributed by atoms with Gasteiger partial charge in [0.15, 0.2) is 5.78 Å². The van der Waals surface area contributed by atoms with Crippen LogP contribution in [0.1, 0.15) is 24.2 Å². The Morgan fingerprint density at radius 1 is 1.44 bits per heavy atom. The third-order valence-electron chi connectivity index (χ3n) is 2.35. The maximum absolute atomic E-state index is 12.2. The summed E-state index contributed by atoms with van der Waals surface area (Å²) < 4.78 is 5.14. The van der Waals surface area contributed by atoms with E-state index in [0.717, 1.165) is 0 Å². The highest BCUT2D eigenvalue weighted by molar-refractivity contribution is 6.31. The van der Waals surface area contributed by atoms with Crippen LogP contribution in [0.5, 0.6) is 5.75 Å². The van der Waals surface area contributed by atoms with Gasteiger partial charge in [-0.25, -0.2) is 0 Å². The SMILES string of the molecule is COc1ccc(Cl)cc1C(=O)C(C)(C)CCl. The average molecular weight is 261 g/mol. The number of rotatable bonds is 4. The summed E-state index contributed by atoms with van der Waals surface area (Å²) in [4.78, 5) is 12.2. The quantitative estimate of drug-likeness (QED) is 0.608. The second kappa shape index (κ2) is 5.07. The Morgan fingerprint density at radius 2 is 2.06 bits per heavy atom. The topological polar surface area (TPSA) is 26.3 Å². The number of ether oxygens (including phenoxy) is 1. The Morgan fingerprint density at radius 3 is 2.56 bits per heavy atom. The lowest BCUT2D eigenvalue weighted by molar-refractivity contribution is 0.0859. The molecule has 0 saturated heterocycles. The molecule has 0 aromatic heterocycles. The Labute approximate surface area is 106 Å². The molecule has 0 aliphatic rings. The Hall–Kier alpha value is -0.730. The predicted molar refractivity (Wildman–Crippen MR) is 66.8 cm³/mol. The third kappa shape index (κ3) is 2.69. The molecule has 0 saturated carbocycles. The zero-order valence-corrected chi connectivity index (χ0v) is 11.0. The molecule has 1 rings (SSSR count). The fourth-order valence-corrected chi connectivity index (χ4v) is 1.58. The van der Waals surface area contributed by atoms with Gasteiger partial charge in [-0.1, -0.05) is 25.4 Å². The standard InChI is InChI=1S/C12H14Cl2O2/c1-12(2,7-13)11(15)9-6-8(14)4-5-10(9)16-3/h4-6H,7H2,1-3H3. The van der Waals surface area contributed by atoms with Gasteiger partial charge in [-0.05, 0) is 18.2 Å². The molecule has 4 heteroatoms. The fraction of sp³-hybridized carbons (Fsp3) is 0.417. The Balaban J connectivity index is 3.21. The summed E-state index contributed by atoms with van der Waals surface area (Å²) >= 11 is 11.6. The van der Waals surface area contributed by atoms with E-state index in [4.69, 9.17) is 27.9 Å². The second-order valence-corrected chi connectivity index (χ2v) is 4.89. The number of methoxy groups -OCH3 is 1. The van der Waals surface area contributed by atoms with Crippen LogP contribution in [0.2, 0.25) is 5.02 Å². The van der Waals surface area contributed by atoms with Gasteiger partial charge in [0.2, 0.25) is 0 Å². The van der Waals surface area contributed by atoms with E-state index in [2.05, 4.69) is 0 Å². The molecule has 1 aromatic carbocycles. The van der Waals surface area contributed by atoms with Gasteiger partial charge in [0, 0.05) is 16.3 Å². The maximum atomic E-state index is 12.2. The summed E-state index contributed by atoms with van der Waals surface area (Å²) in [6, 6.07) is 4.97. The van der Waals surface area contributed by atoms with Crippen molar-refractivity contribution in [3.8, 4) is 5.75 Å². The number of carbonyl (C=O) groups is 1. The van der Waals surface area contributed by atoms with Gasteiger partial charge in [0.05, 0.1) is 12.7 Å². The normalized spacial score (nSPS) is 11.3. The molecule has 0 aliphatic heterocycles. The number of hydrogen-bond donors (Lipinski definition) is 0. The Bertz CT molecular complexity index is 400. The summed E-state index contributed by atoms with van der Waals surface area (Å²) in [6.07, 6.45) is 0. The number of carbonyl (C=O) groups excluding carboxylic acids is 1. The first kappa shape index (κ1) is 13.3. The number of alkyl halides is 1. The zero-order valence-electron chi connectivity index (χ0n) is 9.51. The van der Waals surface area contributed by atoms with E-state index >= 15 is 0 Å². The van der Waals surface area contributed by atoms with E-state index in [1.165, 1.54) is 7.11 Å². The average Bonchev–Trinajstić information content (AvgIpc) is 2.28. The first-order valence-corrected chi connectivity index (χ1v) is 5.78. The monoisotopic (exact) mass is 260 g/mol. The molecule has 0 N–H and O–H groups in total. The molecule has 0 unspecified atom stereocenters. The number of benzene rings is 1. The lowest BCUT2D eigenvalue weighted by atomic mass is 9.86. The van der Waals surface area contributed by atoms with E-state index in [1.807, 2.05) is 0 Å². The van der Waals surface area contributed by atoms with Gasteiger partial charge in [0.1, 0.15) is 5.75 Å². The molecule has 0 fully saturated rings. The highest BCUT2D eigenvalue weighted by Crippen LogP contribution is 2.30. The number of Topliss-reactive ketones (excluding diaryl/α,β-unsaturated/α-hetero) is 1. The van der Waals surface area contributed by atoms with Crippen molar-refractivity contribution in [2.75, 3.05) is 13.0 Å². The van der Waals surface area contributed by atoms with Crippen LogP contribution in [-0.2, 0) is 0 Å². The highest BCUT2D eigenvalue weighted by Gasteiger charge is 2.29. The van der Waals surface area contributed by atoms with Crippen LogP contribution in [0.3, 0.4) is 0 Å². The molecule has 16 heavy (non-hydrogen) atoms. The molecule has 0 aliphatic carbocycles. The van der Waals surface area contributed by atoms with Crippen LogP contribution in [0, 0.1) is 5.41 Å². The van der Waals surface area contributed by atoms with Crippen LogP contribution >= 0.6 is 23.2 Å². The van der Waals surface area contributed by atoms with E-state index in [9.17, 15) is 4.79 Å². The molecule has 0 radical (unpaired) electrons. The molecule has 1 aromatic rings. The van der Waals surface area contributed by atoms with Crippen molar-refractivity contribution in [3.05, 3.63) is 28.8 Å². The smallest absolute Gasteiger partial charge is 0.173 e. The van der Waals surface area contributed by atoms with Crippen LogP contribution in [0.4, 0.5) is 0 Å². The van der Waals surface area contributed by atoms with Crippen molar-refractivity contribution in [2.45, 2.75) is 13.8 Å². The molecular weight excluding hydrogens is 247 g/mol. The summed E-state index contributed by atoms with van der Waals surface area (Å²) in [6.45, 7) is 3.59. The molecule has 0 bridgehead atoms. The molecule has 0 atom stereocenters. The summed E-state index contributed by atoms with van der Waals surface area (Å²) in [5, 5.41) is 0.509. The zero-order chi connectivity index (χ0) is 12.3. The lowest BCUT2D eigenvalue weighted by Crippen LogP contribution is -2.26. The minimum absolute atomic E-state index is 0.0677. The van der Waals surface area contributed by atoms with Crippen molar-refractivity contribution < 1.29 is 9.53 Å². The predicted octanol–water partition coefficient (Wildman–Crippen LogP) is 3.80. The first-order valence-electron chi connectivity index (χ1n) is 4.86. The second-order valence-electron chi connectivity index (χ2n) is 4.19. The lowest BCUT2D eigenvalue weighted by Gasteiger charge is -2.21. The molecule has 88 valence electrons. The fourth-order valence-electron chi connectivity index (χ4n) is 1.28. The molecule has 0 spiro atoms. The van der Waals surface area contributed by atoms with Gasteiger partial charge < -0.3 is 4.74 Å². The van der Waals surface area contributed by atoms with Gasteiger partial charge in [-0.15, -0.1) is 11.6 Å². The van der Waals surface area contributed by atoms with Crippen LogP contribution < -0.4 is 4.74 Å². The largest absolute Gasteiger partial charge is 0.496 e. The van der Waals surface area contributed by atoms with E-state index in [1.54, 1.807) is 32.0 Å². The Kier molecular flexibility index (Phi) is 4.22. The minimum atomic E-state index is -0.625. The van der Waals surface area contributed by atoms with Crippen LogP contribution in [-0.4, -0.2) is 18.8 Å². The molecular formula is C12H14Cl2O2. The number of ketones is 1. The van der Waals surface area contributed by atoms with Gasteiger partial charge in [-0.3, -0.25) is 4.79 Å². The van der Waals surface area contributed by atoms with Gasteiger partial charge >= 0.3 is 0 Å². The maximum Gasteiger partial charge on any atom is 0.173 e. The first-order chi connectivity index (χ1) is 7.42. The molecule has 0 heterocycles. The van der Waals surface area contributed by atoms with E-state index in [-0.39, 0.29) is 11.7 Å². The highest BCUT2D eigenvalue weighted by atomic mass is 35.5. The van der Waals surface area contributed by atoms with Crippen molar-refractivity contribution in [1.82, 2.24) is 0 Å². The number of hydrogen-bond acceptors (Lipinski definition) is 2. The molecule has 0 amide bonds. The summed E-state index contributed by atoms with van der Waals surface area (Å²) in [5.41, 5.74) is -0.153. The molecule has 2 nitrogen and oxygen atoms in total. The number of halogens is 2. The van der Waals surface area contributed by atoms with Crippen molar-refractivity contribution in [1.29, 1.82) is 0 Å². The van der Waals surface area contributed by atoms with E-state index in [0.29, 0.717) is 16.3 Å². The van der Waals surface area contributed by atoms with E-state index < -0.39 is 5.41 Å². The van der Waals surface area contributed by atoms with Crippen molar-refractivity contribution in [2.24, 2.45) is 5.41 Å². The van der Waals surface area contributed by atoms with Crippen LogP contribution in [0.15, 0.2) is 18.2 Å². The minimum Gasteiger partial charge on any atom is -0.496 e. The summed E-state index contributed by atoms with van der Waals surface area (Å²) in [5.74, 6) is 0.705. The van der Waals surface area contributed by atoms with Gasteiger partial charge in [0.25, 0.3) is 0 Å². The van der Waals surface area contributed by atoms with Crippen molar-refractivity contribution >= 4 is 29.0 Å².